The SMILES string of the molecule is CCOC(=O)C(=O)NC(CC)c1ccccc1. The number of carbonyl (C=O) groups is 2. The minimum absolute atomic E-state index is 0.159. The van der Waals surface area contributed by atoms with Crippen molar-refractivity contribution in [2.45, 2.75) is 26.3 Å². The third-order valence-electron chi connectivity index (χ3n) is 2.38. The maximum atomic E-state index is 11.5. The smallest absolute Gasteiger partial charge is 0.396 e. The van der Waals surface area contributed by atoms with Crippen LogP contribution in [0.2, 0.25) is 0 Å². The lowest BCUT2D eigenvalue weighted by Gasteiger charge is -2.16. The highest BCUT2D eigenvalue weighted by Gasteiger charge is 2.19. The van der Waals surface area contributed by atoms with Crippen molar-refractivity contribution in [1.29, 1.82) is 0 Å². The number of hydrogen-bond donors (Lipinski definition) is 1. The van der Waals surface area contributed by atoms with Gasteiger partial charge in [0.25, 0.3) is 0 Å². The van der Waals surface area contributed by atoms with Crippen molar-refractivity contribution in [3.63, 3.8) is 0 Å². The summed E-state index contributed by atoms with van der Waals surface area (Å²) in [6.07, 6.45) is 0.717. The number of rotatable bonds is 4. The Morgan fingerprint density at radius 3 is 2.41 bits per heavy atom. The van der Waals surface area contributed by atoms with Crippen molar-refractivity contribution in [3.8, 4) is 0 Å². The molecule has 0 fully saturated rings. The summed E-state index contributed by atoms with van der Waals surface area (Å²) in [7, 11) is 0. The second-order valence-corrected chi connectivity index (χ2v) is 3.57. The number of hydrogen-bond acceptors (Lipinski definition) is 3. The molecule has 1 rings (SSSR count). The molecule has 17 heavy (non-hydrogen) atoms. The highest BCUT2D eigenvalue weighted by molar-refractivity contribution is 6.32. The molecule has 0 saturated heterocycles. The molecule has 0 saturated carbocycles. The highest BCUT2D eigenvalue weighted by Crippen LogP contribution is 2.15. The van der Waals surface area contributed by atoms with Crippen LogP contribution < -0.4 is 5.32 Å². The summed E-state index contributed by atoms with van der Waals surface area (Å²) in [5.41, 5.74) is 0.979. The first kappa shape index (κ1) is 13.2. The lowest BCUT2D eigenvalue weighted by Crippen LogP contribution is -2.35. The first-order valence-corrected chi connectivity index (χ1v) is 5.71. The van der Waals surface area contributed by atoms with E-state index >= 15 is 0 Å². The molecule has 4 heteroatoms. The molecule has 0 spiro atoms. The van der Waals surface area contributed by atoms with Gasteiger partial charge in [0, 0.05) is 0 Å². The third-order valence-corrected chi connectivity index (χ3v) is 2.38. The van der Waals surface area contributed by atoms with Gasteiger partial charge in [0.2, 0.25) is 0 Å². The van der Waals surface area contributed by atoms with Gasteiger partial charge in [0.1, 0.15) is 0 Å². The van der Waals surface area contributed by atoms with Crippen LogP contribution >= 0.6 is 0 Å². The van der Waals surface area contributed by atoms with Gasteiger partial charge in [-0.2, -0.15) is 0 Å². The van der Waals surface area contributed by atoms with Crippen LogP contribution in [-0.2, 0) is 14.3 Å². The number of nitrogens with one attached hydrogen (secondary N) is 1. The van der Waals surface area contributed by atoms with E-state index in [0.717, 1.165) is 12.0 Å². The van der Waals surface area contributed by atoms with Gasteiger partial charge in [-0.3, -0.25) is 4.79 Å². The van der Waals surface area contributed by atoms with Crippen molar-refractivity contribution < 1.29 is 14.3 Å². The number of ether oxygens (including phenoxy) is 1. The second-order valence-electron chi connectivity index (χ2n) is 3.57. The molecule has 1 N–H and O–H groups in total. The standard InChI is InChI=1S/C13H17NO3/c1-3-11(10-8-6-5-7-9-10)14-12(15)13(16)17-4-2/h5-9,11H,3-4H2,1-2H3,(H,14,15). The summed E-state index contributed by atoms with van der Waals surface area (Å²) in [6, 6.07) is 9.37. The predicted octanol–water partition coefficient (Wildman–Crippen LogP) is 1.82. The van der Waals surface area contributed by atoms with Crippen molar-refractivity contribution in [3.05, 3.63) is 35.9 Å². The lowest BCUT2D eigenvalue weighted by atomic mass is 10.0. The van der Waals surface area contributed by atoms with Crippen LogP contribution in [0.3, 0.4) is 0 Å². The van der Waals surface area contributed by atoms with E-state index < -0.39 is 11.9 Å². The van der Waals surface area contributed by atoms with E-state index in [1.54, 1.807) is 6.92 Å². The number of carbonyl (C=O) groups excluding carboxylic acids is 2. The van der Waals surface area contributed by atoms with Gasteiger partial charge in [0.05, 0.1) is 12.6 Å². The minimum Gasteiger partial charge on any atom is -0.459 e. The van der Waals surface area contributed by atoms with Crippen LogP contribution in [0.1, 0.15) is 31.9 Å². The molecule has 0 aromatic heterocycles. The van der Waals surface area contributed by atoms with E-state index in [1.165, 1.54) is 0 Å². The highest BCUT2D eigenvalue weighted by atomic mass is 16.5. The summed E-state index contributed by atoms with van der Waals surface area (Å²) in [5, 5.41) is 2.65. The fraction of sp³-hybridized carbons (Fsp3) is 0.385. The Hall–Kier alpha value is -1.84. The molecule has 0 aliphatic carbocycles. The van der Waals surface area contributed by atoms with Crippen LogP contribution in [-0.4, -0.2) is 18.5 Å². The zero-order chi connectivity index (χ0) is 12.7. The molecule has 1 aromatic rings. The summed E-state index contributed by atoms with van der Waals surface area (Å²) in [6.45, 7) is 3.82. The van der Waals surface area contributed by atoms with Gasteiger partial charge in [-0.05, 0) is 18.9 Å². The maximum absolute atomic E-state index is 11.5. The quantitative estimate of drug-likeness (QED) is 0.639. The van der Waals surface area contributed by atoms with Crippen LogP contribution in [0.5, 0.6) is 0 Å². The number of esters is 1. The average molecular weight is 235 g/mol. The normalized spacial score (nSPS) is 11.6. The summed E-state index contributed by atoms with van der Waals surface area (Å²) >= 11 is 0. The molecule has 1 atom stereocenters. The van der Waals surface area contributed by atoms with Gasteiger partial charge in [0.15, 0.2) is 0 Å². The van der Waals surface area contributed by atoms with Crippen LogP contribution in [0.15, 0.2) is 30.3 Å². The molecule has 92 valence electrons. The first-order valence-electron chi connectivity index (χ1n) is 5.71. The number of benzene rings is 1. The van der Waals surface area contributed by atoms with Crippen molar-refractivity contribution in [2.75, 3.05) is 6.61 Å². The molecule has 1 aromatic carbocycles. The predicted molar refractivity (Wildman–Crippen MR) is 64.2 cm³/mol. The van der Waals surface area contributed by atoms with Crippen molar-refractivity contribution >= 4 is 11.9 Å². The fourth-order valence-electron chi connectivity index (χ4n) is 1.52. The molecule has 1 amide bonds. The Bertz CT molecular complexity index is 376. The van der Waals surface area contributed by atoms with Gasteiger partial charge < -0.3 is 10.1 Å². The van der Waals surface area contributed by atoms with E-state index in [2.05, 4.69) is 10.1 Å². The molecule has 0 aliphatic rings. The summed E-state index contributed by atoms with van der Waals surface area (Å²) in [4.78, 5) is 22.7. The molecule has 4 nitrogen and oxygen atoms in total. The lowest BCUT2D eigenvalue weighted by molar-refractivity contribution is -0.154. The molecule has 0 heterocycles. The minimum atomic E-state index is -0.832. The molecule has 1 unspecified atom stereocenters. The van der Waals surface area contributed by atoms with E-state index in [-0.39, 0.29) is 12.6 Å². The Morgan fingerprint density at radius 1 is 1.24 bits per heavy atom. The van der Waals surface area contributed by atoms with E-state index in [1.807, 2.05) is 37.3 Å². The third kappa shape index (κ3) is 3.90. The second kappa shape index (κ2) is 6.68. The van der Waals surface area contributed by atoms with Gasteiger partial charge in [-0.15, -0.1) is 0 Å². The zero-order valence-electron chi connectivity index (χ0n) is 10.1. The maximum Gasteiger partial charge on any atom is 0.396 e. The molecule has 0 radical (unpaired) electrons. The topological polar surface area (TPSA) is 55.4 Å². The number of amides is 1. The van der Waals surface area contributed by atoms with Gasteiger partial charge in [-0.1, -0.05) is 37.3 Å². The van der Waals surface area contributed by atoms with Crippen LogP contribution in [0, 0.1) is 0 Å². The Kier molecular flexibility index (Phi) is 5.20. The van der Waals surface area contributed by atoms with E-state index in [4.69, 9.17) is 0 Å². The average Bonchev–Trinajstić information content (AvgIpc) is 2.37. The summed E-state index contributed by atoms with van der Waals surface area (Å²) in [5.74, 6) is -1.52. The van der Waals surface area contributed by atoms with Crippen LogP contribution in [0.4, 0.5) is 0 Å². The van der Waals surface area contributed by atoms with E-state index in [9.17, 15) is 9.59 Å². The van der Waals surface area contributed by atoms with Gasteiger partial charge in [-0.25, -0.2) is 4.79 Å². The Morgan fingerprint density at radius 2 is 1.88 bits per heavy atom. The monoisotopic (exact) mass is 235 g/mol. The van der Waals surface area contributed by atoms with Crippen molar-refractivity contribution in [1.82, 2.24) is 5.32 Å². The van der Waals surface area contributed by atoms with Crippen molar-refractivity contribution in [2.24, 2.45) is 0 Å². The Labute approximate surface area is 101 Å². The molecular weight excluding hydrogens is 218 g/mol. The zero-order valence-corrected chi connectivity index (χ0v) is 10.1. The molecule has 0 bridgehead atoms. The fourth-order valence-corrected chi connectivity index (χ4v) is 1.52. The molecule has 0 aliphatic heterocycles. The molecular formula is C13H17NO3. The summed E-state index contributed by atoms with van der Waals surface area (Å²) < 4.78 is 4.63. The first-order chi connectivity index (χ1) is 8.19. The van der Waals surface area contributed by atoms with E-state index in [0.29, 0.717) is 0 Å². The Balaban J connectivity index is 2.65. The van der Waals surface area contributed by atoms with Gasteiger partial charge >= 0.3 is 11.9 Å². The largest absolute Gasteiger partial charge is 0.459 e. The van der Waals surface area contributed by atoms with Crippen LogP contribution in [0.25, 0.3) is 0 Å².